The Balaban J connectivity index is 2.02. The molecule has 0 amide bonds. The predicted octanol–water partition coefficient (Wildman–Crippen LogP) is 2.65. The van der Waals surface area contributed by atoms with Crippen LogP contribution >= 0.6 is 0 Å². The fourth-order valence-electron chi connectivity index (χ4n) is 2.67. The van der Waals surface area contributed by atoms with Gasteiger partial charge in [-0.2, -0.15) is 0 Å². The molecule has 2 nitrogen and oxygen atoms in total. The minimum Gasteiger partial charge on any atom is -0.378 e. The summed E-state index contributed by atoms with van der Waals surface area (Å²) in [6, 6.07) is 3.91. The lowest BCUT2D eigenvalue weighted by Crippen LogP contribution is -2.37. The van der Waals surface area contributed by atoms with E-state index < -0.39 is 11.6 Å². The van der Waals surface area contributed by atoms with E-state index in [1.807, 2.05) is 0 Å². The summed E-state index contributed by atoms with van der Waals surface area (Å²) >= 11 is 0. The molecular weight excluding hydrogens is 236 g/mol. The third kappa shape index (κ3) is 2.87. The van der Waals surface area contributed by atoms with Crippen molar-refractivity contribution in [3.63, 3.8) is 0 Å². The molecule has 1 saturated heterocycles. The van der Waals surface area contributed by atoms with Crippen LogP contribution in [0.2, 0.25) is 0 Å². The maximum Gasteiger partial charge on any atom is 0.159 e. The van der Waals surface area contributed by atoms with Gasteiger partial charge in [0.05, 0.1) is 6.10 Å². The second-order valence-corrected chi connectivity index (χ2v) is 4.89. The lowest BCUT2D eigenvalue weighted by Gasteiger charge is -2.23. The van der Waals surface area contributed by atoms with E-state index in [-0.39, 0.29) is 12.1 Å². The fraction of sp³-hybridized carbons (Fsp3) is 0.571. The molecule has 18 heavy (non-hydrogen) atoms. The molecule has 3 unspecified atom stereocenters. The van der Waals surface area contributed by atoms with Crippen LogP contribution in [0.3, 0.4) is 0 Å². The SMILES string of the molecule is CCC1OCCC1C(N)Cc1ccc(F)c(F)c1. The third-order valence-corrected chi connectivity index (χ3v) is 3.67. The lowest BCUT2D eigenvalue weighted by atomic mass is 9.88. The van der Waals surface area contributed by atoms with E-state index in [4.69, 9.17) is 10.5 Å². The molecule has 2 N–H and O–H groups in total. The van der Waals surface area contributed by atoms with E-state index in [1.54, 1.807) is 6.07 Å². The maximum absolute atomic E-state index is 13.1. The predicted molar refractivity (Wildman–Crippen MR) is 66.2 cm³/mol. The zero-order chi connectivity index (χ0) is 13.1. The molecule has 1 fully saturated rings. The summed E-state index contributed by atoms with van der Waals surface area (Å²) in [5.41, 5.74) is 6.91. The first-order chi connectivity index (χ1) is 8.61. The molecule has 1 aromatic rings. The molecule has 1 heterocycles. The van der Waals surface area contributed by atoms with Crippen molar-refractivity contribution < 1.29 is 13.5 Å². The van der Waals surface area contributed by atoms with Gasteiger partial charge in [0.15, 0.2) is 11.6 Å². The third-order valence-electron chi connectivity index (χ3n) is 3.67. The smallest absolute Gasteiger partial charge is 0.159 e. The summed E-state index contributed by atoms with van der Waals surface area (Å²) in [7, 11) is 0. The minimum absolute atomic E-state index is 0.0673. The van der Waals surface area contributed by atoms with E-state index in [9.17, 15) is 8.78 Å². The average molecular weight is 255 g/mol. The molecule has 1 aliphatic heterocycles. The van der Waals surface area contributed by atoms with Crippen LogP contribution in [0.25, 0.3) is 0 Å². The second-order valence-electron chi connectivity index (χ2n) is 4.89. The Labute approximate surface area is 106 Å². The first kappa shape index (κ1) is 13.4. The zero-order valence-electron chi connectivity index (χ0n) is 10.5. The van der Waals surface area contributed by atoms with E-state index in [0.717, 1.165) is 31.1 Å². The Bertz CT molecular complexity index is 411. The van der Waals surface area contributed by atoms with Crippen molar-refractivity contribution in [3.8, 4) is 0 Å². The van der Waals surface area contributed by atoms with Crippen LogP contribution in [-0.4, -0.2) is 18.8 Å². The first-order valence-corrected chi connectivity index (χ1v) is 6.43. The monoisotopic (exact) mass is 255 g/mol. The largest absolute Gasteiger partial charge is 0.378 e. The van der Waals surface area contributed by atoms with Gasteiger partial charge in [0.2, 0.25) is 0 Å². The van der Waals surface area contributed by atoms with E-state index >= 15 is 0 Å². The molecule has 1 aromatic carbocycles. The van der Waals surface area contributed by atoms with Crippen LogP contribution in [0.4, 0.5) is 8.78 Å². The lowest BCUT2D eigenvalue weighted by molar-refractivity contribution is 0.0814. The van der Waals surface area contributed by atoms with Crippen molar-refractivity contribution in [2.75, 3.05) is 6.61 Å². The summed E-state index contributed by atoms with van der Waals surface area (Å²) in [5.74, 6) is -1.32. The summed E-state index contributed by atoms with van der Waals surface area (Å²) in [5, 5.41) is 0. The molecule has 100 valence electrons. The quantitative estimate of drug-likeness (QED) is 0.897. The van der Waals surface area contributed by atoms with Crippen LogP contribution in [0.5, 0.6) is 0 Å². The van der Waals surface area contributed by atoms with E-state index in [1.165, 1.54) is 6.07 Å². The first-order valence-electron chi connectivity index (χ1n) is 6.43. The maximum atomic E-state index is 13.1. The summed E-state index contributed by atoms with van der Waals surface area (Å²) in [6.45, 7) is 2.82. The highest BCUT2D eigenvalue weighted by atomic mass is 19.2. The molecule has 3 atom stereocenters. The van der Waals surface area contributed by atoms with Crippen LogP contribution in [0.15, 0.2) is 18.2 Å². The Morgan fingerprint density at radius 1 is 1.39 bits per heavy atom. The number of nitrogens with two attached hydrogens (primary N) is 1. The van der Waals surface area contributed by atoms with Crippen LogP contribution < -0.4 is 5.73 Å². The number of ether oxygens (including phenoxy) is 1. The standard InChI is InChI=1S/C14H19F2NO/c1-2-14-10(5-6-18-14)13(17)8-9-3-4-11(15)12(16)7-9/h3-4,7,10,13-14H,2,5-6,8,17H2,1H3. The second kappa shape index (κ2) is 5.76. The summed E-state index contributed by atoms with van der Waals surface area (Å²) < 4.78 is 31.5. The van der Waals surface area contributed by atoms with Gasteiger partial charge in [-0.3, -0.25) is 0 Å². The van der Waals surface area contributed by atoms with Gasteiger partial charge in [0.25, 0.3) is 0 Å². The summed E-state index contributed by atoms with van der Waals surface area (Å²) in [6.07, 6.45) is 2.65. The number of benzene rings is 1. The number of hydrogen-bond donors (Lipinski definition) is 1. The molecule has 0 saturated carbocycles. The van der Waals surface area contributed by atoms with Crippen molar-refractivity contribution in [1.82, 2.24) is 0 Å². The van der Waals surface area contributed by atoms with Crippen molar-refractivity contribution in [2.45, 2.75) is 38.3 Å². The molecular formula is C14H19F2NO. The Hall–Kier alpha value is -1.00. The zero-order valence-corrected chi connectivity index (χ0v) is 10.5. The molecule has 0 aromatic heterocycles. The van der Waals surface area contributed by atoms with E-state index in [2.05, 4.69) is 6.92 Å². The fourth-order valence-corrected chi connectivity index (χ4v) is 2.67. The Kier molecular flexibility index (Phi) is 4.30. The van der Waals surface area contributed by atoms with Crippen LogP contribution in [0.1, 0.15) is 25.3 Å². The van der Waals surface area contributed by atoms with Gasteiger partial charge in [-0.05, 0) is 37.0 Å². The van der Waals surface area contributed by atoms with Crippen molar-refractivity contribution in [3.05, 3.63) is 35.4 Å². The van der Waals surface area contributed by atoms with Gasteiger partial charge in [0, 0.05) is 18.6 Å². The normalized spacial score (nSPS) is 25.3. The Morgan fingerprint density at radius 2 is 2.17 bits per heavy atom. The van der Waals surface area contributed by atoms with Crippen LogP contribution in [-0.2, 0) is 11.2 Å². The highest BCUT2D eigenvalue weighted by molar-refractivity contribution is 5.19. The van der Waals surface area contributed by atoms with Crippen molar-refractivity contribution >= 4 is 0 Å². The Morgan fingerprint density at radius 3 is 2.83 bits per heavy atom. The molecule has 2 rings (SSSR count). The van der Waals surface area contributed by atoms with Gasteiger partial charge in [-0.25, -0.2) is 8.78 Å². The van der Waals surface area contributed by atoms with E-state index in [0.29, 0.717) is 12.3 Å². The van der Waals surface area contributed by atoms with Crippen LogP contribution in [0, 0.1) is 17.6 Å². The van der Waals surface area contributed by atoms with Gasteiger partial charge in [0.1, 0.15) is 0 Å². The average Bonchev–Trinajstić information content (AvgIpc) is 2.82. The number of rotatable bonds is 4. The topological polar surface area (TPSA) is 35.2 Å². The minimum atomic E-state index is -0.817. The highest BCUT2D eigenvalue weighted by Crippen LogP contribution is 2.27. The summed E-state index contributed by atoms with van der Waals surface area (Å²) in [4.78, 5) is 0. The molecule has 0 radical (unpaired) electrons. The van der Waals surface area contributed by atoms with Gasteiger partial charge in [-0.1, -0.05) is 13.0 Å². The molecule has 1 aliphatic rings. The number of hydrogen-bond acceptors (Lipinski definition) is 2. The van der Waals surface area contributed by atoms with Gasteiger partial charge < -0.3 is 10.5 Å². The highest BCUT2D eigenvalue weighted by Gasteiger charge is 2.31. The van der Waals surface area contributed by atoms with Crippen molar-refractivity contribution in [1.29, 1.82) is 0 Å². The molecule has 4 heteroatoms. The number of halogens is 2. The van der Waals surface area contributed by atoms with Gasteiger partial charge in [-0.15, -0.1) is 0 Å². The van der Waals surface area contributed by atoms with Gasteiger partial charge >= 0.3 is 0 Å². The molecule has 0 spiro atoms. The molecule has 0 bridgehead atoms. The molecule has 0 aliphatic carbocycles. The van der Waals surface area contributed by atoms with Crippen molar-refractivity contribution in [2.24, 2.45) is 11.7 Å².